The van der Waals surface area contributed by atoms with E-state index in [1.165, 1.54) is 0 Å². The van der Waals surface area contributed by atoms with Crippen molar-refractivity contribution in [2.45, 2.75) is 12.8 Å². The summed E-state index contributed by atoms with van der Waals surface area (Å²) in [7, 11) is 1.15. The van der Waals surface area contributed by atoms with Gasteiger partial charge in [0.2, 0.25) is 0 Å². The largest absolute Gasteiger partial charge is 0.505 e. The molecule has 88 valence electrons. The summed E-state index contributed by atoms with van der Waals surface area (Å²) in [6, 6.07) is 0. The molecule has 0 aliphatic carbocycles. The highest BCUT2D eigenvalue weighted by Crippen LogP contribution is 2.35. The minimum atomic E-state index is -2.89. The number of alkyl halides is 2. The molecule has 1 N–H and O–H groups in total. The van der Waals surface area contributed by atoms with Gasteiger partial charge in [0.05, 0.1) is 19.1 Å². The highest BCUT2D eigenvalue weighted by atomic mass is 79.9. The van der Waals surface area contributed by atoms with Crippen LogP contribution < -0.4 is 0 Å². The van der Waals surface area contributed by atoms with Gasteiger partial charge in [-0.3, -0.25) is 4.79 Å². The van der Waals surface area contributed by atoms with Crippen LogP contribution in [0.3, 0.4) is 0 Å². The normalized spacial score (nSPS) is 10.6. The molecular weight excluding hydrogens is 288 g/mol. The molecule has 0 aromatic carbocycles. The number of ether oxygens (including phenoxy) is 1. The maximum Gasteiger partial charge on any atom is 0.310 e. The molecule has 0 bridgehead atoms. The van der Waals surface area contributed by atoms with Gasteiger partial charge in [-0.15, -0.1) is 0 Å². The molecule has 7 heteroatoms. The first-order valence-electron chi connectivity index (χ1n) is 4.18. The molecule has 0 atom stereocenters. The SMILES string of the molecule is COC(=O)Cc1cnc(Br)c(O)c1C(F)F. The van der Waals surface area contributed by atoms with Crippen LogP contribution in [0.4, 0.5) is 8.78 Å². The van der Waals surface area contributed by atoms with Crippen molar-refractivity contribution in [2.24, 2.45) is 0 Å². The molecule has 0 saturated carbocycles. The summed E-state index contributed by atoms with van der Waals surface area (Å²) in [5.74, 6) is -1.33. The molecule has 1 aromatic heterocycles. The van der Waals surface area contributed by atoms with Crippen molar-refractivity contribution in [3.8, 4) is 5.75 Å². The lowest BCUT2D eigenvalue weighted by Crippen LogP contribution is -2.08. The van der Waals surface area contributed by atoms with Gasteiger partial charge in [0.15, 0.2) is 5.75 Å². The number of pyridine rings is 1. The van der Waals surface area contributed by atoms with Gasteiger partial charge in [0.1, 0.15) is 4.60 Å². The number of nitrogens with zero attached hydrogens (tertiary/aromatic N) is 1. The number of halogens is 3. The summed E-state index contributed by atoms with van der Waals surface area (Å²) in [6.07, 6.45) is -2.15. The van der Waals surface area contributed by atoms with Crippen molar-refractivity contribution in [2.75, 3.05) is 7.11 Å². The number of hydrogen-bond acceptors (Lipinski definition) is 4. The first-order chi connectivity index (χ1) is 7.47. The number of esters is 1. The summed E-state index contributed by atoms with van der Waals surface area (Å²) in [5, 5.41) is 9.39. The quantitative estimate of drug-likeness (QED) is 0.686. The summed E-state index contributed by atoms with van der Waals surface area (Å²) >= 11 is 2.82. The van der Waals surface area contributed by atoms with Crippen molar-refractivity contribution >= 4 is 21.9 Å². The van der Waals surface area contributed by atoms with E-state index in [0.717, 1.165) is 13.3 Å². The van der Waals surface area contributed by atoms with E-state index in [-0.39, 0.29) is 16.6 Å². The van der Waals surface area contributed by atoms with Gasteiger partial charge in [-0.25, -0.2) is 13.8 Å². The summed E-state index contributed by atoms with van der Waals surface area (Å²) in [6.45, 7) is 0. The Morgan fingerprint density at radius 1 is 1.69 bits per heavy atom. The van der Waals surface area contributed by atoms with Crippen LogP contribution in [0.5, 0.6) is 5.75 Å². The third-order valence-electron chi connectivity index (χ3n) is 1.91. The number of rotatable bonds is 3. The monoisotopic (exact) mass is 295 g/mol. The molecule has 0 saturated heterocycles. The number of carbonyl (C=O) groups is 1. The molecule has 1 heterocycles. The fraction of sp³-hybridized carbons (Fsp3) is 0.333. The molecule has 0 fully saturated rings. The summed E-state index contributed by atoms with van der Waals surface area (Å²) in [5.41, 5.74) is -0.658. The van der Waals surface area contributed by atoms with Gasteiger partial charge < -0.3 is 9.84 Å². The van der Waals surface area contributed by atoms with Crippen LogP contribution >= 0.6 is 15.9 Å². The predicted molar refractivity (Wildman–Crippen MR) is 54.3 cm³/mol. The first kappa shape index (κ1) is 12.8. The standard InChI is InChI=1S/C9H8BrF2NO3/c1-16-5(14)2-4-3-13-8(10)7(15)6(4)9(11)12/h3,9,15H,2H2,1H3. The van der Waals surface area contributed by atoms with Crippen LogP contribution in [0, 0.1) is 0 Å². The Kier molecular flexibility index (Phi) is 4.17. The van der Waals surface area contributed by atoms with Gasteiger partial charge in [0, 0.05) is 6.20 Å². The van der Waals surface area contributed by atoms with Gasteiger partial charge in [-0.05, 0) is 21.5 Å². The van der Waals surface area contributed by atoms with E-state index in [4.69, 9.17) is 0 Å². The Labute approximate surface area is 98.4 Å². The molecule has 1 aromatic rings. The zero-order valence-electron chi connectivity index (χ0n) is 8.21. The smallest absolute Gasteiger partial charge is 0.310 e. The summed E-state index contributed by atoms with van der Waals surface area (Å²) in [4.78, 5) is 14.6. The lowest BCUT2D eigenvalue weighted by Gasteiger charge is -2.10. The molecule has 4 nitrogen and oxygen atoms in total. The minimum absolute atomic E-state index is 0.0532. The number of hydrogen-bond donors (Lipinski definition) is 1. The van der Waals surface area contributed by atoms with E-state index in [2.05, 4.69) is 25.7 Å². The third-order valence-corrected chi connectivity index (χ3v) is 2.49. The zero-order chi connectivity index (χ0) is 12.3. The molecule has 16 heavy (non-hydrogen) atoms. The second kappa shape index (κ2) is 5.20. The zero-order valence-corrected chi connectivity index (χ0v) is 9.79. The molecule has 0 unspecified atom stereocenters. The van der Waals surface area contributed by atoms with Crippen LogP contribution in [0.25, 0.3) is 0 Å². The Bertz CT molecular complexity index is 412. The first-order valence-corrected chi connectivity index (χ1v) is 4.97. The fourth-order valence-corrected chi connectivity index (χ4v) is 1.46. The number of methoxy groups -OCH3 is 1. The predicted octanol–water partition coefficient (Wildman–Crippen LogP) is 2.20. The van der Waals surface area contributed by atoms with E-state index < -0.39 is 23.7 Å². The van der Waals surface area contributed by atoms with Crippen LogP contribution in [-0.4, -0.2) is 23.2 Å². The van der Waals surface area contributed by atoms with Gasteiger partial charge in [0.25, 0.3) is 6.43 Å². The van der Waals surface area contributed by atoms with Crippen LogP contribution in [0.15, 0.2) is 10.8 Å². The number of aromatic hydroxyl groups is 1. The van der Waals surface area contributed by atoms with Gasteiger partial charge in [-0.1, -0.05) is 0 Å². The molecule has 0 spiro atoms. The number of aromatic nitrogens is 1. The van der Waals surface area contributed by atoms with Crippen LogP contribution in [-0.2, 0) is 16.0 Å². The molecule has 0 aliphatic rings. The molecule has 1 rings (SSSR count). The number of carbonyl (C=O) groups excluding carboxylic acids is 1. The van der Waals surface area contributed by atoms with Crippen LogP contribution in [0.1, 0.15) is 17.6 Å². The van der Waals surface area contributed by atoms with E-state index in [1.807, 2.05) is 0 Å². The van der Waals surface area contributed by atoms with Crippen LogP contribution in [0.2, 0.25) is 0 Å². The average molecular weight is 296 g/mol. The Morgan fingerprint density at radius 3 is 2.81 bits per heavy atom. The van der Waals surface area contributed by atoms with E-state index >= 15 is 0 Å². The molecule has 0 aliphatic heterocycles. The van der Waals surface area contributed by atoms with E-state index in [1.54, 1.807) is 0 Å². The lowest BCUT2D eigenvalue weighted by molar-refractivity contribution is -0.139. The van der Waals surface area contributed by atoms with Gasteiger partial charge >= 0.3 is 5.97 Å². The second-order valence-electron chi connectivity index (χ2n) is 2.89. The fourth-order valence-electron chi connectivity index (χ4n) is 1.14. The van der Waals surface area contributed by atoms with Crippen molar-refractivity contribution in [3.05, 3.63) is 21.9 Å². The van der Waals surface area contributed by atoms with Crippen molar-refractivity contribution in [3.63, 3.8) is 0 Å². The lowest BCUT2D eigenvalue weighted by atomic mass is 10.1. The maximum atomic E-state index is 12.7. The van der Waals surface area contributed by atoms with Crippen molar-refractivity contribution in [1.82, 2.24) is 4.98 Å². The Balaban J connectivity index is 3.18. The van der Waals surface area contributed by atoms with E-state index in [0.29, 0.717) is 0 Å². The highest BCUT2D eigenvalue weighted by molar-refractivity contribution is 9.10. The average Bonchev–Trinajstić information content (AvgIpc) is 2.23. The van der Waals surface area contributed by atoms with Crippen molar-refractivity contribution in [1.29, 1.82) is 0 Å². The maximum absolute atomic E-state index is 12.7. The second-order valence-corrected chi connectivity index (χ2v) is 3.64. The van der Waals surface area contributed by atoms with E-state index in [9.17, 15) is 18.7 Å². The third kappa shape index (κ3) is 2.66. The van der Waals surface area contributed by atoms with Gasteiger partial charge in [-0.2, -0.15) is 0 Å². The summed E-state index contributed by atoms with van der Waals surface area (Å²) < 4.78 is 29.6. The molecule has 0 radical (unpaired) electrons. The Hall–Kier alpha value is -1.24. The van der Waals surface area contributed by atoms with Crippen molar-refractivity contribution < 1.29 is 23.4 Å². The highest BCUT2D eigenvalue weighted by Gasteiger charge is 2.22. The Morgan fingerprint density at radius 2 is 2.31 bits per heavy atom. The minimum Gasteiger partial charge on any atom is -0.505 e. The molecule has 0 amide bonds. The topological polar surface area (TPSA) is 59.4 Å². The molecular formula is C9H8BrF2NO3.